The van der Waals surface area contributed by atoms with Crippen LogP contribution in [0, 0.1) is 0 Å². The first-order chi connectivity index (χ1) is 8.11. The van der Waals surface area contributed by atoms with Crippen LogP contribution in [0.5, 0.6) is 0 Å². The van der Waals surface area contributed by atoms with Crippen LogP contribution in [-0.2, 0) is 0 Å². The molecule has 0 saturated heterocycles. The summed E-state index contributed by atoms with van der Waals surface area (Å²) in [6, 6.07) is 7.65. The fourth-order valence-corrected chi connectivity index (χ4v) is 2.27. The number of carbonyl (C=O) groups excluding carboxylic acids is 1. The Morgan fingerprint density at radius 2 is 2.06 bits per heavy atom. The van der Waals surface area contributed by atoms with Crippen LogP contribution in [0.1, 0.15) is 24.2 Å². The third-order valence-corrected chi connectivity index (χ3v) is 3.36. The highest BCUT2D eigenvalue weighted by Gasteiger charge is 2.20. The number of aliphatic hydroxyl groups is 1. The predicted octanol–water partition coefficient (Wildman–Crippen LogP) is 2.25. The Kier molecular flexibility index (Phi) is 5.51. The van der Waals surface area contributed by atoms with Crippen molar-refractivity contribution >= 4 is 17.7 Å². The molecular weight excluding hydrogens is 234 g/mol. The standard InChI is InChI=1S/C13H19NO2S/c1-10(2)14(8-9-15)13(16)11-6-4-5-7-12(11)17-3/h4-7,10,15H,8-9H2,1-3H3. The molecule has 1 N–H and O–H groups in total. The third kappa shape index (κ3) is 3.48. The Bertz CT molecular complexity index is 379. The predicted molar refractivity (Wildman–Crippen MR) is 71.5 cm³/mol. The first-order valence-electron chi connectivity index (χ1n) is 5.66. The number of rotatable bonds is 5. The van der Waals surface area contributed by atoms with Crippen LogP contribution < -0.4 is 0 Å². The van der Waals surface area contributed by atoms with E-state index in [0.29, 0.717) is 12.1 Å². The molecule has 1 aromatic carbocycles. The molecule has 17 heavy (non-hydrogen) atoms. The van der Waals surface area contributed by atoms with Gasteiger partial charge in [-0.05, 0) is 32.2 Å². The zero-order valence-electron chi connectivity index (χ0n) is 10.5. The molecular formula is C13H19NO2S. The lowest BCUT2D eigenvalue weighted by atomic mass is 10.1. The normalized spacial score (nSPS) is 10.6. The lowest BCUT2D eigenvalue weighted by Crippen LogP contribution is -2.39. The van der Waals surface area contributed by atoms with Gasteiger partial charge in [-0.15, -0.1) is 11.8 Å². The molecule has 0 unspecified atom stereocenters. The van der Waals surface area contributed by atoms with Crippen LogP contribution >= 0.6 is 11.8 Å². The quantitative estimate of drug-likeness (QED) is 0.818. The molecule has 0 atom stereocenters. The number of benzene rings is 1. The van der Waals surface area contributed by atoms with Gasteiger partial charge in [-0.3, -0.25) is 4.79 Å². The number of nitrogens with zero attached hydrogens (tertiary/aromatic N) is 1. The summed E-state index contributed by atoms with van der Waals surface area (Å²) in [5.74, 6) is -0.0148. The molecule has 0 aliphatic heterocycles. The van der Waals surface area contributed by atoms with E-state index in [1.54, 1.807) is 16.7 Å². The topological polar surface area (TPSA) is 40.5 Å². The van der Waals surface area contributed by atoms with Crippen molar-refractivity contribution in [2.45, 2.75) is 24.8 Å². The minimum Gasteiger partial charge on any atom is -0.395 e. The molecule has 0 aromatic heterocycles. The lowest BCUT2D eigenvalue weighted by Gasteiger charge is -2.26. The average molecular weight is 253 g/mol. The molecule has 0 saturated carbocycles. The summed E-state index contributed by atoms with van der Waals surface area (Å²) in [5, 5.41) is 9.01. The van der Waals surface area contributed by atoms with Crippen LogP contribution in [-0.4, -0.2) is 41.4 Å². The first-order valence-corrected chi connectivity index (χ1v) is 6.89. The molecule has 1 aromatic rings. The van der Waals surface area contributed by atoms with E-state index >= 15 is 0 Å². The average Bonchev–Trinajstić information content (AvgIpc) is 2.34. The summed E-state index contributed by atoms with van der Waals surface area (Å²) in [5.41, 5.74) is 0.710. The van der Waals surface area contributed by atoms with Gasteiger partial charge >= 0.3 is 0 Å². The minimum absolute atomic E-state index is 0.00858. The minimum atomic E-state index is -0.0148. The van der Waals surface area contributed by atoms with Crippen molar-refractivity contribution in [1.29, 1.82) is 0 Å². The summed E-state index contributed by atoms with van der Waals surface area (Å²) in [6.45, 7) is 4.27. The molecule has 0 aliphatic rings. The van der Waals surface area contributed by atoms with Gasteiger partial charge in [-0.2, -0.15) is 0 Å². The number of hydrogen-bond acceptors (Lipinski definition) is 3. The van der Waals surface area contributed by atoms with Crippen molar-refractivity contribution in [3.8, 4) is 0 Å². The van der Waals surface area contributed by atoms with Crippen LogP contribution in [0.4, 0.5) is 0 Å². The second kappa shape index (κ2) is 6.67. The Balaban J connectivity index is 3.00. The molecule has 94 valence electrons. The number of hydrogen-bond donors (Lipinski definition) is 1. The fourth-order valence-electron chi connectivity index (χ4n) is 1.68. The van der Waals surface area contributed by atoms with Gasteiger partial charge in [-0.25, -0.2) is 0 Å². The maximum atomic E-state index is 12.4. The van der Waals surface area contributed by atoms with Crippen molar-refractivity contribution in [3.63, 3.8) is 0 Å². The monoisotopic (exact) mass is 253 g/mol. The molecule has 4 heteroatoms. The van der Waals surface area contributed by atoms with Crippen LogP contribution in [0.25, 0.3) is 0 Å². The molecule has 1 rings (SSSR count). The maximum Gasteiger partial charge on any atom is 0.255 e. The summed E-state index contributed by atoms with van der Waals surface area (Å²) >= 11 is 1.56. The van der Waals surface area contributed by atoms with Gasteiger partial charge in [0, 0.05) is 17.5 Å². The van der Waals surface area contributed by atoms with Crippen LogP contribution in [0.3, 0.4) is 0 Å². The van der Waals surface area contributed by atoms with Crippen molar-refractivity contribution in [2.24, 2.45) is 0 Å². The fraction of sp³-hybridized carbons (Fsp3) is 0.462. The van der Waals surface area contributed by atoms with E-state index in [-0.39, 0.29) is 18.6 Å². The van der Waals surface area contributed by atoms with E-state index in [9.17, 15) is 4.79 Å². The second-order valence-electron chi connectivity index (χ2n) is 4.02. The van der Waals surface area contributed by atoms with E-state index in [2.05, 4.69) is 0 Å². The number of aliphatic hydroxyl groups excluding tert-OH is 1. The van der Waals surface area contributed by atoms with Crippen molar-refractivity contribution in [1.82, 2.24) is 4.90 Å². The maximum absolute atomic E-state index is 12.4. The smallest absolute Gasteiger partial charge is 0.255 e. The Hall–Kier alpha value is -1.00. The summed E-state index contributed by atoms with van der Waals surface area (Å²) < 4.78 is 0. The van der Waals surface area contributed by atoms with E-state index in [0.717, 1.165) is 4.90 Å². The van der Waals surface area contributed by atoms with Crippen LogP contribution in [0.15, 0.2) is 29.2 Å². The van der Waals surface area contributed by atoms with Crippen LogP contribution in [0.2, 0.25) is 0 Å². The van der Waals surface area contributed by atoms with Gasteiger partial charge < -0.3 is 10.0 Å². The number of carbonyl (C=O) groups is 1. The van der Waals surface area contributed by atoms with Gasteiger partial charge in [0.05, 0.1) is 12.2 Å². The molecule has 0 fully saturated rings. The second-order valence-corrected chi connectivity index (χ2v) is 4.86. The number of amides is 1. The highest BCUT2D eigenvalue weighted by atomic mass is 32.2. The van der Waals surface area contributed by atoms with Gasteiger partial charge in [-0.1, -0.05) is 12.1 Å². The molecule has 1 amide bonds. The largest absolute Gasteiger partial charge is 0.395 e. The van der Waals surface area contributed by atoms with Crippen molar-refractivity contribution in [3.05, 3.63) is 29.8 Å². The zero-order chi connectivity index (χ0) is 12.8. The number of thioether (sulfide) groups is 1. The highest BCUT2D eigenvalue weighted by molar-refractivity contribution is 7.98. The van der Waals surface area contributed by atoms with Gasteiger partial charge in [0.2, 0.25) is 0 Å². The van der Waals surface area contributed by atoms with E-state index < -0.39 is 0 Å². The Morgan fingerprint density at radius 1 is 1.41 bits per heavy atom. The lowest BCUT2D eigenvalue weighted by molar-refractivity contribution is 0.0662. The molecule has 0 heterocycles. The summed E-state index contributed by atoms with van der Waals surface area (Å²) in [6.07, 6.45) is 1.96. The molecule has 3 nitrogen and oxygen atoms in total. The van der Waals surface area contributed by atoms with Crippen molar-refractivity contribution < 1.29 is 9.90 Å². The first kappa shape index (κ1) is 14.1. The van der Waals surface area contributed by atoms with E-state index in [4.69, 9.17) is 5.11 Å². The van der Waals surface area contributed by atoms with E-state index in [1.165, 1.54) is 0 Å². The van der Waals surface area contributed by atoms with E-state index in [1.807, 2.05) is 44.4 Å². The molecule has 0 bridgehead atoms. The molecule has 0 radical (unpaired) electrons. The Morgan fingerprint density at radius 3 is 2.59 bits per heavy atom. The Labute approximate surface area is 107 Å². The highest BCUT2D eigenvalue weighted by Crippen LogP contribution is 2.21. The van der Waals surface area contributed by atoms with Gasteiger partial charge in [0.15, 0.2) is 0 Å². The van der Waals surface area contributed by atoms with Gasteiger partial charge in [0.25, 0.3) is 5.91 Å². The SMILES string of the molecule is CSc1ccccc1C(=O)N(CCO)C(C)C. The third-order valence-electron chi connectivity index (χ3n) is 2.56. The molecule has 0 spiro atoms. The zero-order valence-corrected chi connectivity index (χ0v) is 11.3. The molecule has 0 aliphatic carbocycles. The summed E-state index contributed by atoms with van der Waals surface area (Å²) in [4.78, 5) is 15.0. The summed E-state index contributed by atoms with van der Waals surface area (Å²) in [7, 11) is 0. The van der Waals surface area contributed by atoms with Gasteiger partial charge in [0.1, 0.15) is 0 Å². The van der Waals surface area contributed by atoms with Crippen molar-refractivity contribution in [2.75, 3.05) is 19.4 Å².